The van der Waals surface area contributed by atoms with Crippen molar-refractivity contribution in [2.75, 3.05) is 20.3 Å². The number of methoxy groups -OCH3 is 1. The third-order valence-corrected chi connectivity index (χ3v) is 7.24. The number of hydrogen-bond acceptors (Lipinski definition) is 7. The lowest BCUT2D eigenvalue weighted by molar-refractivity contribution is -0.139. The van der Waals surface area contributed by atoms with Gasteiger partial charge in [0.05, 0.1) is 23.3 Å². The number of aldehydes is 1. The summed E-state index contributed by atoms with van der Waals surface area (Å²) >= 11 is 1.97. The highest BCUT2D eigenvalue weighted by Crippen LogP contribution is 2.37. The minimum absolute atomic E-state index is 0.00496. The summed E-state index contributed by atoms with van der Waals surface area (Å²) in [5, 5.41) is 23.3. The number of allylic oxidation sites excluding steroid dienone is 1. The highest BCUT2D eigenvalue weighted by atomic mass is 127. The van der Waals surface area contributed by atoms with Gasteiger partial charge in [-0.3, -0.25) is 14.4 Å². The molecule has 0 aliphatic heterocycles. The number of benzene rings is 2. The fourth-order valence-electron chi connectivity index (χ4n) is 4.41. The third-order valence-electron chi connectivity index (χ3n) is 6.44. The van der Waals surface area contributed by atoms with Gasteiger partial charge < -0.3 is 29.9 Å². The number of nitrogens with one attached hydrogen (secondary N) is 1. The lowest BCUT2D eigenvalue weighted by atomic mass is 9.87. The zero-order valence-electron chi connectivity index (χ0n) is 22.0. The first-order valence-electron chi connectivity index (χ1n) is 12.6. The molecular weight excluding hydrogens is 634 g/mol. The van der Waals surface area contributed by atoms with E-state index in [1.807, 2.05) is 22.6 Å². The topological polar surface area (TPSA) is 125 Å². The van der Waals surface area contributed by atoms with E-state index in [9.17, 15) is 29.0 Å². The smallest absolute Gasteiger partial charge is 0.247 e. The predicted molar refractivity (Wildman–Crippen MR) is 154 cm³/mol. The Morgan fingerprint density at radius 3 is 2.70 bits per heavy atom. The first-order valence-corrected chi connectivity index (χ1v) is 13.7. The molecule has 1 aliphatic carbocycles. The van der Waals surface area contributed by atoms with Crippen LogP contribution in [0.3, 0.4) is 0 Å². The second-order valence-electron chi connectivity index (χ2n) is 9.11. The average molecular weight is 666 g/mol. The Kier molecular flexibility index (Phi) is 11.6. The molecule has 1 aliphatic rings. The highest BCUT2D eigenvalue weighted by molar-refractivity contribution is 14.1. The van der Waals surface area contributed by atoms with Gasteiger partial charge in [0.15, 0.2) is 11.5 Å². The minimum Gasteiger partial charge on any atom is -0.493 e. The van der Waals surface area contributed by atoms with E-state index in [0.29, 0.717) is 21.8 Å². The van der Waals surface area contributed by atoms with Crippen LogP contribution in [0.5, 0.6) is 11.5 Å². The summed E-state index contributed by atoms with van der Waals surface area (Å²) < 4.78 is 26.8. The van der Waals surface area contributed by atoms with Crippen molar-refractivity contribution in [1.82, 2.24) is 10.2 Å². The molecule has 3 rings (SSSR count). The summed E-state index contributed by atoms with van der Waals surface area (Å²) in [6, 6.07) is 8.14. The van der Waals surface area contributed by atoms with E-state index in [0.717, 1.165) is 0 Å². The van der Waals surface area contributed by atoms with Crippen LogP contribution >= 0.6 is 22.6 Å². The van der Waals surface area contributed by atoms with Gasteiger partial charge >= 0.3 is 0 Å². The summed E-state index contributed by atoms with van der Waals surface area (Å²) in [6.45, 7) is 3.25. The van der Waals surface area contributed by atoms with E-state index in [-0.39, 0.29) is 61.1 Å². The van der Waals surface area contributed by atoms with Crippen LogP contribution in [0.15, 0.2) is 60.7 Å². The molecule has 2 aromatic rings. The van der Waals surface area contributed by atoms with Crippen LogP contribution in [0.25, 0.3) is 0 Å². The van der Waals surface area contributed by atoms with Crippen LogP contribution in [0.2, 0.25) is 0 Å². The van der Waals surface area contributed by atoms with Crippen molar-refractivity contribution >= 4 is 40.7 Å². The highest BCUT2D eigenvalue weighted by Gasteiger charge is 2.41. The Labute approximate surface area is 245 Å². The number of carbonyl (C=O) groups is 3. The number of halogens is 2. The van der Waals surface area contributed by atoms with Crippen LogP contribution in [-0.4, -0.2) is 71.7 Å². The summed E-state index contributed by atoms with van der Waals surface area (Å²) in [5.41, 5.74) is 0.835. The first-order chi connectivity index (χ1) is 19.2. The standard InChI is InChI=1S/C29H32FIN2O7/c1-3-4-9-26(36)33(16-19-7-5-6-8-21(19)30)23-14-20(29(38)32-10-11-34)15-24(27(23)37)40-28-22(31)12-18(17-35)13-25(28)39-2/h3,5-8,12-13,15,17,23-24,27,34,37H,1,4,9-11,14,16H2,2H3,(H,32,38). The molecule has 0 spiro atoms. The first kappa shape index (κ1) is 31.2. The second-order valence-corrected chi connectivity index (χ2v) is 10.3. The van der Waals surface area contributed by atoms with Gasteiger partial charge in [-0.25, -0.2) is 4.39 Å². The maximum atomic E-state index is 14.6. The number of hydrogen-bond donors (Lipinski definition) is 3. The van der Waals surface area contributed by atoms with Gasteiger partial charge in [0.1, 0.15) is 24.3 Å². The molecular formula is C29H32FIN2O7. The summed E-state index contributed by atoms with van der Waals surface area (Å²) in [4.78, 5) is 39.1. The summed E-state index contributed by atoms with van der Waals surface area (Å²) in [6.07, 6.45) is 1.69. The van der Waals surface area contributed by atoms with E-state index in [1.54, 1.807) is 30.3 Å². The van der Waals surface area contributed by atoms with Gasteiger partial charge in [-0.15, -0.1) is 6.58 Å². The molecule has 3 unspecified atom stereocenters. The van der Waals surface area contributed by atoms with Crippen molar-refractivity contribution in [3.63, 3.8) is 0 Å². The van der Waals surface area contributed by atoms with E-state index in [2.05, 4.69) is 11.9 Å². The van der Waals surface area contributed by atoms with E-state index in [4.69, 9.17) is 9.47 Å². The van der Waals surface area contributed by atoms with Crippen LogP contribution in [0.1, 0.15) is 35.2 Å². The van der Waals surface area contributed by atoms with E-state index >= 15 is 0 Å². The number of ether oxygens (including phenoxy) is 2. The minimum atomic E-state index is -1.32. The molecule has 0 heterocycles. The fraction of sp³-hybridized carbons (Fsp3) is 0.345. The average Bonchev–Trinajstić information content (AvgIpc) is 2.96. The zero-order valence-corrected chi connectivity index (χ0v) is 24.2. The second kappa shape index (κ2) is 14.9. The molecule has 40 heavy (non-hydrogen) atoms. The Balaban J connectivity index is 2.05. The van der Waals surface area contributed by atoms with Gasteiger partial charge in [-0.05, 0) is 53.3 Å². The molecule has 0 aromatic heterocycles. The maximum Gasteiger partial charge on any atom is 0.247 e. The summed E-state index contributed by atoms with van der Waals surface area (Å²) in [7, 11) is 1.41. The molecule has 214 valence electrons. The number of aliphatic hydroxyl groups excluding tert-OH is 2. The molecule has 2 amide bonds. The number of amides is 2. The van der Waals surface area contributed by atoms with Gasteiger partial charge in [-0.1, -0.05) is 24.3 Å². The normalized spacial score (nSPS) is 18.3. The SMILES string of the molecule is C=CCCC(=O)N(Cc1ccccc1F)C1CC(C(=O)NCCO)=CC(Oc2c(I)cc(C=O)cc2OC)C1O. The molecule has 2 aromatic carbocycles. The number of aliphatic hydroxyl groups is 2. The molecule has 3 N–H and O–H groups in total. The predicted octanol–water partition coefficient (Wildman–Crippen LogP) is 3.16. The molecule has 3 atom stereocenters. The molecule has 9 nitrogen and oxygen atoms in total. The van der Waals surface area contributed by atoms with E-state index < -0.39 is 30.0 Å². The van der Waals surface area contributed by atoms with Crippen LogP contribution in [0, 0.1) is 9.39 Å². The number of nitrogens with zero attached hydrogens (tertiary/aromatic N) is 1. The van der Waals surface area contributed by atoms with Crippen LogP contribution in [-0.2, 0) is 16.1 Å². The number of carbonyl (C=O) groups excluding carboxylic acids is 3. The molecule has 0 radical (unpaired) electrons. The van der Waals surface area contributed by atoms with Gasteiger partial charge in [0.25, 0.3) is 0 Å². The lowest BCUT2D eigenvalue weighted by Crippen LogP contribution is -2.54. The van der Waals surface area contributed by atoms with Crippen molar-refractivity contribution in [2.24, 2.45) is 0 Å². The molecule has 11 heteroatoms. The van der Waals surface area contributed by atoms with Gasteiger partial charge in [0.2, 0.25) is 11.8 Å². The van der Waals surface area contributed by atoms with Crippen molar-refractivity contribution in [1.29, 1.82) is 0 Å². The van der Waals surface area contributed by atoms with Crippen molar-refractivity contribution in [3.05, 3.63) is 81.2 Å². The molecule has 0 bridgehead atoms. The molecule has 0 saturated heterocycles. The lowest BCUT2D eigenvalue weighted by Gasteiger charge is -2.40. The van der Waals surface area contributed by atoms with Gasteiger partial charge in [-0.2, -0.15) is 0 Å². The maximum absolute atomic E-state index is 14.6. The Bertz CT molecular complexity index is 1270. The van der Waals surface area contributed by atoms with Crippen LogP contribution < -0.4 is 14.8 Å². The van der Waals surface area contributed by atoms with Gasteiger partial charge in [0, 0.05) is 42.6 Å². The molecule has 0 fully saturated rings. The van der Waals surface area contributed by atoms with Crippen LogP contribution in [0.4, 0.5) is 4.39 Å². The Morgan fingerprint density at radius 1 is 1.30 bits per heavy atom. The largest absolute Gasteiger partial charge is 0.493 e. The van der Waals surface area contributed by atoms with Crippen molar-refractivity contribution in [3.8, 4) is 11.5 Å². The molecule has 0 saturated carbocycles. The monoisotopic (exact) mass is 666 g/mol. The number of rotatable bonds is 13. The Hall–Kier alpha value is -3.29. The Morgan fingerprint density at radius 2 is 2.05 bits per heavy atom. The van der Waals surface area contributed by atoms with E-state index in [1.165, 1.54) is 30.2 Å². The zero-order chi connectivity index (χ0) is 29.2. The van der Waals surface area contributed by atoms with Crippen molar-refractivity contribution in [2.45, 2.75) is 44.1 Å². The summed E-state index contributed by atoms with van der Waals surface area (Å²) in [5.74, 6) is -0.878. The third kappa shape index (κ3) is 7.67. The fourth-order valence-corrected chi connectivity index (χ4v) is 5.16. The van der Waals surface area contributed by atoms with Crippen molar-refractivity contribution < 1.29 is 38.5 Å². The quantitative estimate of drug-likeness (QED) is 0.171.